The normalized spacial score (nSPS) is 14.0. The third kappa shape index (κ3) is 2.23. The molecular weight excluding hydrogens is 262 g/mol. The van der Waals surface area contributed by atoms with Gasteiger partial charge in [-0.15, -0.1) is 0 Å². The van der Waals surface area contributed by atoms with Crippen LogP contribution in [0.3, 0.4) is 0 Å². The summed E-state index contributed by atoms with van der Waals surface area (Å²) in [4.78, 5) is 16.9. The van der Waals surface area contributed by atoms with Crippen molar-refractivity contribution in [1.82, 2.24) is 0 Å². The van der Waals surface area contributed by atoms with Gasteiger partial charge in [-0.2, -0.15) is 0 Å². The molecule has 108 valence electrons. The number of para-hydroxylation sites is 2. The minimum Gasteiger partial charge on any atom is -0.398 e. The molecule has 0 saturated carbocycles. The number of carbonyl (C=O) groups excluding carboxylic acids is 1. The van der Waals surface area contributed by atoms with Gasteiger partial charge in [-0.25, -0.2) is 0 Å². The Morgan fingerprint density at radius 3 is 2.48 bits per heavy atom. The monoisotopic (exact) mass is 281 g/mol. The highest BCUT2D eigenvalue weighted by molar-refractivity contribution is 6.12. The zero-order valence-electron chi connectivity index (χ0n) is 12.3. The molecule has 0 radical (unpaired) electrons. The van der Waals surface area contributed by atoms with Gasteiger partial charge in [0.05, 0.1) is 16.9 Å². The number of anilines is 3. The summed E-state index contributed by atoms with van der Waals surface area (Å²) in [7, 11) is 2.04. The number of aryl methyl sites for hydroxylation is 1. The first-order valence-electron chi connectivity index (χ1n) is 7.06. The van der Waals surface area contributed by atoms with Crippen molar-refractivity contribution in [2.45, 2.75) is 6.92 Å². The molecule has 0 aliphatic carbocycles. The molecule has 1 amide bonds. The van der Waals surface area contributed by atoms with E-state index < -0.39 is 0 Å². The van der Waals surface area contributed by atoms with Crippen molar-refractivity contribution in [3.05, 3.63) is 53.6 Å². The second-order valence-electron chi connectivity index (χ2n) is 5.41. The highest BCUT2D eigenvalue weighted by Crippen LogP contribution is 2.33. The Hall–Kier alpha value is -2.49. The molecular formula is C17H19N3O. The fourth-order valence-corrected chi connectivity index (χ4v) is 2.83. The molecule has 0 unspecified atom stereocenters. The number of nitrogens with zero attached hydrogens (tertiary/aromatic N) is 2. The number of amides is 1. The molecule has 1 aliphatic heterocycles. The zero-order chi connectivity index (χ0) is 15.0. The van der Waals surface area contributed by atoms with Crippen LogP contribution >= 0.6 is 0 Å². The van der Waals surface area contributed by atoms with Crippen LogP contribution in [-0.4, -0.2) is 26.0 Å². The van der Waals surface area contributed by atoms with E-state index in [4.69, 9.17) is 5.73 Å². The molecule has 0 fully saturated rings. The van der Waals surface area contributed by atoms with Crippen LogP contribution in [0.2, 0.25) is 0 Å². The first-order valence-corrected chi connectivity index (χ1v) is 7.06. The van der Waals surface area contributed by atoms with E-state index in [1.165, 1.54) is 0 Å². The SMILES string of the molecule is Cc1cccc(N)c1C(=O)N1CCN(C)c2ccccc21. The maximum Gasteiger partial charge on any atom is 0.260 e. The van der Waals surface area contributed by atoms with Crippen LogP contribution < -0.4 is 15.5 Å². The van der Waals surface area contributed by atoms with Crippen molar-refractivity contribution in [2.75, 3.05) is 35.7 Å². The Morgan fingerprint density at radius 1 is 1.05 bits per heavy atom. The van der Waals surface area contributed by atoms with E-state index in [1.54, 1.807) is 6.07 Å². The lowest BCUT2D eigenvalue weighted by Gasteiger charge is -2.36. The maximum atomic E-state index is 12.9. The van der Waals surface area contributed by atoms with Gasteiger partial charge in [0.1, 0.15) is 0 Å². The standard InChI is InChI=1S/C17H19N3O/c1-12-6-5-7-13(18)16(12)17(21)20-11-10-19(2)14-8-3-4-9-15(14)20/h3-9H,10-11,18H2,1-2H3. The molecule has 2 N–H and O–H groups in total. The number of carbonyl (C=O) groups is 1. The molecule has 3 rings (SSSR count). The number of benzene rings is 2. The fourth-order valence-electron chi connectivity index (χ4n) is 2.83. The summed E-state index contributed by atoms with van der Waals surface area (Å²) in [6.45, 7) is 3.40. The molecule has 4 nitrogen and oxygen atoms in total. The third-order valence-electron chi connectivity index (χ3n) is 4.01. The Kier molecular flexibility index (Phi) is 3.29. The number of fused-ring (bicyclic) bond motifs is 1. The fraction of sp³-hybridized carbons (Fsp3) is 0.235. The van der Waals surface area contributed by atoms with Gasteiger partial charge >= 0.3 is 0 Å². The van der Waals surface area contributed by atoms with Crippen molar-refractivity contribution in [3.63, 3.8) is 0 Å². The van der Waals surface area contributed by atoms with Gasteiger partial charge < -0.3 is 15.5 Å². The highest BCUT2D eigenvalue weighted by atomic mass is 16.2. The van der Waals surface area contributed by atoms with Crippen LogP contribution in [0.5, 0.6) is 0 Å². The van der Waals surface area contributed by atoms with Crippen LogP contribution in [-0.2, 0) is 0 Å². The molecule has 1 aliphatic rings. The van der Waals surface area contributed by atoms with E-state index in [0.717, 1.165) is 23.5 Å². The van der Waals surface area contributed by atoms with Crippen molar-refractivity contribution >= 4 is 23.0 Å². The maximum absolute atomic E-state index is 12.9. The van der Waals surface area contributed by atoms with E-state index in [0.29, 0.717) is 17.8 Å². The van der Waals surface area contributed by atoms with E-state index in [-0.39, 0.29) is 5.91 Å². The minimum absolute atomic E-state index is 0.0221. The number of nitrogens with two attached hydrogens (primary N) is 1. The van der Waals surface area contributed by atoms with Gasteiger partial charge in [-0.1, -0.05) is 24.3 Å². The Labute approximate surface area is 124 Å². The Balaban J connectivity index is 2.06. The average Bonchev–Trinajstić information content (AvgIpc) is 2.47. The van der Waals surface area contributed by atoms with Crippen LogP contribution in [0.4, 0.5) is 17.1 Å². The molecule has 21 heavy (non-hydrogen) atoms. The Bertz CT molecular complexity index is 676. The lowest BCUT2D eigenvalue weighted by Crippen LogP contribution is -2.43. The second-order valence-corrected chi connectivity index (χ2v) is 5.41. The number of nitrogen functional groups attached to an aromatic ring is 1. The predicted molar refractivity (Wildman–Crippen MR) is 87.0 cm³/mol. The van der Waals surface area contributed by atoms with Gasteiger partial charge in [-0.05, 0) is 30.7 Å². The number of hydrogen-bond donors (Lipinski definition) is 1. The summed E-state index contributed by atoms with van der Waals surface area (Å²) in [5, 5.41) is 0. The average molecular weight is 281 g/mol. The van der Waals surface area contributed by atoms with E-state index in [2.05, 4.69) is 4.90 Å². The van der Waals surface area contributed by atoms with Gasteiger partial charge in [0.15, 0.2) is 0 Å². The Morgan fingerprint density at radius 2 is 1.76 bits per heavy atom. The summed E-state index contributed by atoms with van der Waals surface area (Å²) in [5.74, 6) is -0.0221. The zero-order valence-corrected chi connectivity index (χ0v) is 12.3. The summed E-state index contributed by atoms with van der Waals surface area (Å²) in [6, 6.07) is 13.5. The lowest BCUT2D eigenvalue weighted by atomic mass is 10.0. The summed E-state index contributed by atoms with van der Waals surface area (Å²) >= 11 is 0. The predicted octanol–water partition coefficient (Wildman–Crippen LogP) is 2.67. The van der Waals surface area contributed by atoms with Crippen LogP contribution in [0, 0.1) is 6.92 Å². The molecule has 0 aromatic heterocycles. The van der Waals surface area contributed by atoms with Crippen LogP contribution in [0.15, 0.2) is 42.5 Å². The lowest BCUT2D eigenvalue weighted by molar-refractivity contribution is 0.0987. The second kappa shape index (κ2) is 5.13. The molecule has 2 aromatic rings. The van der Waals surface area contributed by atoms with Crippen molar-refractivity contribution < 1.29 is 4.79 Å². The van der Waals surface area contributed by atoms with Gasteiger partial charge in [0.25, 0.3) is 5.91 Å². The molecule has 1 heterocycles. The first kappa shape index (κ1) is 13.5. The molecule has 0 saturated heterocycles. The molecule has 0 bridgehead atoms. The van der Waals surface area contributed by atoms with Crippen molar-refractivity contribution in [2.24, 2.45) is 0 Å². The molecule has 4 heteroatoms. The van der Waals surface area contributed by atoms with Gasteiger partial charge in [-0.3, -0.25) is 4.79 Å². The van der Waals surface area contributed by atoms with Crippen LogP contribution in [0.25, 0.3) is 0 Å². The number of rotatable bonds is 1. The van der Waals surface area contributed by atoms with Gasteiger partial charge in [0, 0.05) is 25.8 Å². The summed E-state index contributed by atoms with van der Waals surface area (Å²) in [5.41, 5.74) is 10.1. The van der Waals surface area contributed by atoms with E-state index in [1.807, 2.05) is 55.3 Å². The van der Waals surface area contributed by atoms with Crippen molar-refractivity contribution in [3.8, 4) is 0 Å². The van der Waals surface area contributed by atoms with Crippen molar-refractivity contribution in [1.29, 1.82) is 0 Å². The number of likely N-dealkylation sites (N-methyl/N-ethyl adjacent to an activating group) is 1. The van der Waals surface area contributed by atoms with E-state index in [9.17, 15) is 4.79 Å². The topological polar surface area (TPSA) is 49.6 Å². The van der Waals surface area contributed by atoms with Gasteiger partial charge in [0.2, 0.25) is 0 Å². The quantitative estimate of drug-likeness (QED) is 0.818. The van der Waals surface area contributed by atoms with Crippen LogP contribution in [0.1, 0.15) is 15.9 Å². The largest absolute Gasteiger partial charge is 0.398 e. The third-order valence-corrected chi connectivity index (χ3v) is 4.01. The molecule has 2 aromatic carbocycles. The number of hydrogen-bond acceptors (Lipinski definition) is 3. The molecule has 0 spiro atoms. The highest BCUT2D eigenvalue weighted by Gasteiger charge is 2.27. The molecule has 0 atom stereocenters. The summed E-state index contributed by atoms with van der Waals surface area (Å²) < 4.78 is 0. The summed E-state index contributed by atoms with van der Waals surface area (Å²) in [6.07, 6.45) is 0. The van der Waals surface area contributed by atoms with E-state index >= 15 is 0 Å². The smallest absolute Gasteiger partial charge is 0.260 e. The minimum atomic E-state index is -0.0221. The first-order chi connectivity index (χ1) is 10.1.